The van der Waals surface area contributed by atoms with Crippen molar-refractivity contribution in [3.05, 3.63) is 94.0 Å². The summed E-state index contributed by atoms with van der Waals surface area (Å²) in [5.74, 6) is 0.315. The van der Waals surface area contributed by atoms with Crippen LogP contribution in [0.4, 0.5) is 5.69 Å². The number of nitrogens with zero attached hydrogens (tertiary/aromatic N) is 1. The van der Waals surface area contributed by atoms with Gasteiger partial charge in [-0.1, -0.05) is 23.7 Å². The van der Waals surface area contributed by atoms with Crippen LogP contribution in [0, 0.1) is 13.8 Å². The molecule has 0 unspecified atom stereocenters. The van der Waals surface area contributed by atoms with Gasteiger partial charge in [-0.25, -0.2) is 0 Å². The predicted octanol–water partition coefficient (Wildman–Crippen LogP) is 5.66. The van der Waals surface area contributed by atoms with Crippen LogP contribution >= 0.6 is 23.8 Å². The summed E-state index contributed by atoms with van der Waals surface area (Å²) in [7, 11) is 0. The van der Waals surface area contributed by atoms with Gasteiger partial charge >= 0.3 is 0 Å². The minimum absolute atomic E-state index is 0.167. The fourth-order valence-corrected chi connectivity index (χ4v) is 3.64. The van der Waals surface area contributed by atoms with Crippen LogP contribution in [0.2, 0.25) is 5.02 Å². The Morgan fingerprint density at radius 2 is 1.78 bits per heavy atom. The van der Waals surface area contributed by atoms with Crippen molar-refractivity contribution < 1.29 is 9.21 Å². The minimum atomic E-state index is -0.426. The second-order valence-corrected chi connectivity index (χ2v) is 8.21. The Balaban J connectivity index is 1.34. The summed E-state index contributed by atoms with van der Waals surface area (Å²) in [6.45, 7) is 4.01. The Bertz CT molecular complexity index is 1240. The van der Waals surface area contributed by atoms with Crippen molar-refractivity contribution in [2.24, 2.45) is 0 Å². The summed E-state index contributed by atoms with van der Waals surface area (Å²) in [6, 6.07) is 18.4. The van der Waals surface area contributed by atoms with Crippen LogP contribution in [0.15, 0.2) is 65.1 Å². The molecule has 8 heteroatoms. The molecule has 0 fully saturated rings. The summed E-state index contributed by atoms with van der Waals surface area (Å²) in [5.41, 5.74) is 6.04. The molecule has 0 atom stereocenters. The number of aromatic nitrogens is 2. The molecule has 0 bridgehead atoms. The lowest BCUT2D eigenvalue weighted by atomic mass is 10.0. The standard InChI is InChI=1S/C24H21ClN4O2S/c1-14-20(15(2)29-28-14)13-16-3-9-19(10-4-16)26-24(32)27-23(30)22-12-11-21(31-22)17-5-7-18(25)8-6-17/h3-12H,13H2,1-2H3,(H,28,29)(H2,26,27,30,32). The third-order valence-electron chi connectivity index (χ3n) is 5.06. The summed E-state index contributed by atoms with van der Waals surface area (Å²) in [4.78, 5) is 12.5. The first-order valence-electron chi connectivity index (χ1n) is 9.96. The maximum absolute atomic E-state index is 12.5. The normalized spacial score (nSPS) is 10.7. The number of thiocarbonyl (C=S) groups is 1. The molecule has 162 valence electrons. The number of aromatic amines is 1. The molecule has 2 heterocycles. The highest BCUT2D eigenvalue weighted by Gasteiger charge is 2.14. The number of nitrogens with one attached hydrogen (secondary N) is 3. The lowest BCUT2D eigenvalue weighted by Crippen LogP contribution is -2.33. The van der Waals surface area contributed by atoms with Crippen molar-refractivity contribution in [2.75, 3.05) is 5.32 Å². The zero-order valence-corrected chi connectivity index (χ0v) is 19.1. The molecular weight excluding hydrogens is 444 g/mol. The summed E-state index contributed by atoms with van der Waals surface area (Å²) >= 11 is 11.2. The SMILES string of the molecule is Cc1n[nH]c(C)c1Cc1ccc(NC(=S)NC(=O)c2ccc(-c3ccc(Cl)cc3)o2)cc1. The van der Waals surface area contributed by atoms with Gasteiger partial charge in [0.25, 0.3) is 5.91 Å². The summed E-state index contributed by atoms with van der Waals surface area (Å²) < 4.78 is 5.66. The number of benzene rings is 2. The molecule has 4 aromatic rings. The zero-order chi connectivity index (χ0) is 22.7. The molecule has 1 amide bonds. The van der Waals surface area contributed by atoms with Gasteiger partial charge in [0.15, 0.2) is 10.9 Å². The van der Waals surface area contributed by atoms with Gasteiger partial charge in [0, 0.05) is 34.0 Å². The van der Waals surface area contributed by atoms with Gasteiger partial charge in [-0.2, -0.15) is 5.10 Å². The Kier molecular flexibility index (Phi) is 6.39. The maximum atomic E-state index is 12.5. The van der Waals surface area contributed by atoms with E-state index in [-0.39, 0.29) is 10.9 Å². The second-order valence-electron chi connectivity index (χ2n) is 7.37. The highest BCUT2D eigenvalue weighted by molar-refractivity contribution is 7.80. The van der Waals surface area contributed by atoms with E-state index in [0.29, 0.717) is 10.8 Å². The van der Waals surface area contributed by atoms with Crippen LogP contribution in [0.5, 0.6) is 0 Å². The van der Waals surface area contributed by atoms with Gasteiger partial charge in [-0.05, 0) is 80.2 Å². The number of furan rings is 1. The van der Waals surface area contributed by atoms with Gasteiger partial charge in [0.05, 0.1) is 5.69 Å². The number of carbonyl (C=O) groups excluding carboxylic acids is 1. The number of anilines is 1. The van der Waals surface area contributed by atoms with Crippen LogP contribution in [0.3, 0.4) is 0 Å². The lowest BCUT2D eigenvalue weighted by Gasteiger charge is -2.09. The average molecular weight is 465 g/mol. The molecule has 6 nitrogen and oxygen atoms in total. The smallest absolute Gasteiger partial charge is 0.293 e. The third-order valence-corrected chi connectivity index (χ3v) is 5.52. The van der Waals surface area contributed by atoms with E-state index < -0.39 is 5.91 Å². The fourth-order valence-electron chi connectivity index (χ4n) is 3.30. The quantitative estimate of drug-likeness (QED) is 0.332. The Morgan fingerprint density at radius 3 is 2.44 bits per heavy atom. The molecule has 0 aliphatic carbocycles. The zero-order valence-electron chi connectivity index (χ0n) is 17.5. The topological polar surface area (TPSA) is 83.0 Å². The first kappa shape index (κ1) is 21.8. The molecule has 0 aliphatic heterocycles. The van der Waals surface area contributed by atoms with E-state index >= 15 is 0 Å². The molecule has 0 saturated heterocycles. The number of H-pyrrole nitrogens is 1. The predicted molar refractivity (Wildman–Crippen MR) is 130 cm³/mol. The van der Waals surface area contributed by atoms with E-state index in [1.54, 1.807) is 24.3 Å². The highest BCUT2D eigenvalue weighted by atomic mass is 35.5. The van der Waals surface area contributed by atoms with Gasteiger partial charge in [-0.15, -0.1) is 0 Å². The summed E-state index contributed by atoms with van der Waals surface area (Å²) in [5, 5.41) is 13.7. The molecule has 4 rings (SSSR count). The number of hydrogen-bond donors (Lipinski definition) is 3. The molecule has 0 radical (unpaired) electrons. The van der Waals surface area contributed by atoms with Crippen molar-refractivity contribution in [3.8, 4) is 11.3 Å². The maximum Gasteiger partial charge on any atom is 0.293 e. The van der Waals surface area contributed by atoms with Crippen LogP contribution in [0.1, 0.15) is 33.1 Å². The first-order chi connectivity index (χ1) is 15.4. The number of rotatable bonds is 5. The Morgan fingerprint density at radius 1 is 1.06 bits per heavy atom. The summed E-state index contributed by atoms with van der Waals surface area (Å²) in [6.07, 6.45) is 0.796. The van der Waals surface area contributed by atoms with Crippen molar-refractivity contribution >= 4 is 40.5 Å². The van der Waals surface area contributed by atoms with E-state index in [2.05, 4.69) is 20.8 Å². The molecule has 0 saturated carbocycles. The molecule has 32 heavy (non-hydrogen) atoms. The average Bonchev–Trinajstić information content (AvgIpc) is 3.38. The number of hydrogen-bond acceptors (Lipinski definition) is 4. The van der Waals surface area contributed by atoms with E-state index in [1.165, 1.54) is 5.56 Å². The largest absolute Gasteiger partial charge is 0.451 e. The van der Waals surface area contributed by atoms with E-state index in [9.17, 15) is 4.79 Å². The van der Waals surface area contributed by atoms with Crippen LogP contribution < -0.4 is 10.6 Å². The van der Waals surface area contributed by atoms with Crippen molar-refractivity contribution in [3.63, 3.8) is 0 Å². The molecule has 2 aromatic carbocycles. The van der Waals surface area contributed by atoms with Crippen molar-refractivity contribution in [2.45, 2.75) is 20.3 Å². The van der Waals surface area contributed by atoms with Gasteiger partial charge < -0.3 is 9.73 Å². The fraction of sp³-hybridized carbons (Fsp3) is 0.125. The van der Waals surface area contributed by atoms with Gasteiger partial charge in [0.2, 0.25) is 0 Å². The highest BCUT2D eigenvalue weighted by Crippen LogP contribution is 2.24. The first-order valence-corrected chi connectivity index (χ1v) is 10.7. The van der Waals surface area contributed by atoms with Crippen LogP contribution in [0.25, 0.3) is 11.3 Å². The number of carbonyl (C=O) groups is 1. The molecule has 0 aliphatic rings. The third kappa shape index (κ3) is 5.07. The Labute approximate surface area is 196 Å². The van der Waals surface area contributed by atoms with Crippen molar-refractivity contribution in [1.82, 2.24) is 15.5 Å². The molecular formula is C24H21ClN4O2S. The lowest BCUT2D eigenvalue weighted by molar-refractivity contribution is 0.0951. The van der Waals surface area contributed by atoms with Crippen LogP contribution in [-0.4, -0.2) is 21.2 Å². The molecule has 3 N–H and O–H groups in total. The van der Waals surface area contributed by atoms with Crippen molar-refractivity contribution in [1.29, 1.82) is 0 Å². The van der Waals surface area contributed by atoms with E-state index in [0.717, 1.165) is 34.6 Å². The van der Waals surface area contributed by atoms with E-state index in [4.69, 9.17) is 28.2 Å². The van der Waals surface area contributed by atoms with E-state index in [1.807, 2.05) is 50.2 Å². The number of amides is 1. The number of aryl methyl sites for hydroxylation is 2. The monoisotopic (exact) mass is 464 g/mol. The Hall–Kier alpha value is -3.42. The van der Waals surface area contributed by atoms with Gasteiger partial charge in [-0.3, -0.25) is 15.2 Å². The van der Waals surface area contributed by atoms with Crippen LogP contribution in [-0.2, 0) is 6.42 Å². The minimum Gasteiger partial charge on any atom is -0.451 e. The molecule has 0 spiro atoms. The number of halogens is 1. The van der Waals surface area contributed by atoms with Gasteiger partial charge in [0.1, 0.15) is 5.76 Å². The molecule has 2 aromatic heterocycles. The second kappa shape index (κ2) is 9.38.